The largest absolute Gasteiger partial charge is 0.383 e. The van der Waals surface area contributed by atoms with Crippen molar-refractivity contribution < 1.29 is 4.74 Å². The smallest absolute Gasteiger partial charge is 0.0637 e. The van der Waals surface area contributed by atoms with Crippen LogP contribution in [0.5, 0.6) is 0 Å². The average Bonchev–Trinajstić information content (AvgIpc) is 2.31. The minimum atomic E-state index is 0.477. The van der Waals surface area contributed by atoms with Gasteiger partial charge >= 0.3 is 0 Å². The molecule has 1 aromatic rings. The van der Waals surface area contributed by atoms with Gasteiger partial charge in [-0.2, -0.15) is 0 Å². The molecule has 0 bridgehead atoms. The summed E-state index contributed by atoms with van der Waals surface area (Å²) in [6.45, 7) is 6.77. The van der Waals surface area contributed by atoms with E-state index in [1.54, 1.807) is 7.11 Å². The van der Waals surface area contributed by atoms with Gasteiger partial charge in [0, 0.05) is 25.4 Å². The minimum absolute atomic E-state index is 0.477. The molecule has 17 heavy (non-hydrogen) atoms. The van der Waals surface area contributed by atoms with Crippen LogP contribution in [0.15, 0.2) is 24.3 Å². The summed E-state index contributed by atoms with van der Waals surface area (Å²) < 4.78 is 5.15. The number of hydrogen-bond donors (Lipinski definition) is 1. The number of rotatable bonds is 7. The number of anilines is 1. The summed E-state index contributed by atoms with van der Waals surface area (Å²) in [6, 6.07) is 9.13. The van der Waals surface area contributed by atoms with Gasteiger partial charge in [-0.05, 0) is 44.5 Å². The van der Waals surface area contributed by atoms with E-state index in [0.717, 1.165) is 19.6 Å². The minimum Gasteiger partial charge on any atom is -0.383 e. The Morgan fingerprint density at radius 1 is 1.24 bits per heavy atom. The highest BCUT2D eigenvalue weighted by molar-refractivity contribution is 5.48. The SMILES string of the molecule is COCCN(c1ccc(CCN)cc1)C(C)C. The van der Waals surface area contributed by atoms with Crippen molar-refractivity contribution in [3.63, 3.8) is 0 Å². The van der Waals surface area contributed by atoms with Crippen LogP contribution in [0.1, 0.15) is 19.4 Å². The Labute approximate surface area is 105 Å². The zero-order valence-corrected chi connectivity index (χ0v) is 11.1. The topological polar surface area (TPSA) is 38.5 Å². The molecule has 96 valence electrons. The van der Waals surface area contributed by atoms with Crippen molar-refractivity contribution in [1.82, 2.24) is 0 Å². The number of ether oxygens (including phenoxy) is 1. The summed E-state index contributed by atoms with van der Waals surface area (Å²) in [7, 11) is 1.74. The number of nitrogens with zero attached hydrogens (tertiary/aromatic N) is 1. The van der Waals surface area contributed by atoms with Crippen LogP contribution in [0, 0.1) is 0 Å². The molecule has 1 aromatic carbocycles. The maximum atomic E-state index is 5.55. The number of nitrogens with two attached hydrogens (primary N) is 1. The van der Waals surface area contributed by atoms with E-state index in [9.17, 15) is 0 Å². The van der Waals surface area contributed by atoms with Crippen LogP contribution < -0.4 is 10.6 Å². The molecular formula is C14H24N2O. The van der Waals surface area contributed by atoms with Gasteiger partial charge < -0.3 is 15.4 Å². The Bertz CT molecular complexity index is 309. The highest BCUT2D eigenvalue weighted by atomic mass is 16.5. The zero-order chi connectivity index (χ0) is 12.7. The molecule has 0 unspecified atom stereocenters. The van der Waals surface area contributed by atoms with Crippen LogP contribution in [0.25, 0.3) is 0 Å². The molecule has 2 N–H and O–H groups in total. The van der Waals surface area contributed by atoms with E-state index in [1.807, 2.05) is 0 Å². The van der Waals surface area contributed by atoms with Gasteiger partial charge in [-0.3, -0.25) is 0 Å². The molecule has 0 amide bonds. The molecule has 0 saturated heterocycles. The van der Waals surface area contributed by atoms with E-state index in [4.69, 9.17) is 10.5 Å². The van der Waals surface area contributed by atoms with Crippen molar-refractivity contribution >= 4 is 5.69 Å². The van der Waals surface area contributed by atoms with Gasteiger partial charge in [0.1, 0.15) is 0 Å². The lowest BCUT2D eigenvalue weighted by Gasteiger charge is -2.28. The van der Waals surface area contributed by atoms with Crippen LogP contribution in [0.2, 0.25) is 0 Å². The summed E-state index contributed by atoms with van der Waals surface area (Å²) in [5.41, 5.74) is 8.09. The molecule has 0 spiro atoms. The standard InChI is InChI=1S/C14H24N2O/c1-12(2)16(10-11-17-3)14-6-4-13(5-7-14)8-9-15/h4-7,12H,8-11,15H2,1-3H3. The van der Waals surface area contributed by atoms with Crippen molar-refractivity contribution in [2.45, 2.75) is 26.3 Å². The van der Waals surface area contributed by atoms with Crippen molar-refractivity contribution in [2.75, 3.05) is 31.7 Å². The van der Waals surface area contributed by atoms with Gasteiger partial charge in [0.15, 0.2) is 0 Å². The van der Waals surface area contributed by atoms with Crippen LogP contribution in [-0.4, -0.2) is 32.8 Å². The molecule has 0 heterocycles. The second-order valence-corrected chi connectivity index (χ2v) is 4.49. The zero-order valence-electron chi connectivity index (χ0n) is 11.1. The Hall–Kier alpha value is -1.06. The molecule has 0 aliphatic heterocycles. The predicted molar refractivity (Wildman–Crippen MR) is 73.6 cm³/mol. The van der Waals surface area contributed by atoms with Crippen molar-refractivity contribution in [3.05, 3.63) is 29.8 Å². The van der Waals surface area contributed by atoms with Gasteiger partial charge in [-0.1, -0.05) is 12.1 Å². The molecule has 0 aliphatic rings. The monoisotopic (exact) mass is 236 g/mol. The molecule has 3 nitrogen and oxygen atoms in total. The van der Waals surface area contributed by atoms with Gasteiger partial charge in [-0.25, -0.2) is 0 Å². The fourth-order valence-electron chi connectivity index (χ4n) is 1.90. The first-order chi connectivity index (χ1) is 8.19. The first kappa shape index (κ1) is 14.0. The summed E-state index contributed by atoms with van der Waals surface area (Å²) in [6.07, 6.45) is 0.944. The Kier molecular flexibility index (Phi) is 6.01. The Balaban J connectivity index is 2.72. The third-order valence-corrected chi connectivity index (χ3v) is 2.86. The molecule has 1 rings (SSSR count). The van der Waals surface area contributed by atoms with E-state index in [1.165, 1.54) is 11.3 Å². The molecule has 0 atom stereocenters. The summed E-state index contributed by atoms with van der Waals surface area (Å²) >= 11 is 0. The molecule has 0 aliphatic carbocycles. The van der Waals surface area contributed by atoms with Crippen molar-refractivity contribution in [3.8, 4) is 0 Å². The summed E-state index contributed by atoms with van der Waals surface area (Å²) in [4.78, 5) is 2.34. The second kappa shape index (κ2) is 7.30. The third kappa shape index (κ3) is 4.36. The van der Waals surface area contributed by atoms with E-state index in [-0.39, 0.29) is 0 Å². The van der Waals surface area contributed by atoms with E-state index < -0.39 is 0 Å². The van der Waals surface area contributed by atoms with E-state index >= 15 is 0 Å². The van der Waals surface area contributed by atoms with Crippen molar-refractivity contribution in [1.29, 1.82) is 0 Å². The van der Waals surface area contributed by atoms with Gasteiger partial charge in [0.25, 0.3) is 0 Å². The van der Waals surface area contributed by atoms with Crippen molar-refractivity contribution in [2.24, 2.45) is 5.73 Å². The van der Waals surface area contributed by atoms with E-state index in [0.29, 0.717) is 12.6 Å². The quantitative estimate of drug-likeness (QED) is 0.787. The highest BCUT2D eigenvalue weighted by Gasteiger charge is 2.09. The lowest BCUT2D eigenvalue weighted by molar-refractivity contribution is 0.204. The van der Waals surface area contributed by atoms with Gasteiger partial charge in [0.2, 0.25) is 0 Å². The summed E-state index contributed by atoms with van der Waals surface area (Å²) in [5, 5.41) is 0. The second-order valence-electron chi connectivity index (χ2n) is 4.49. The average molecular weight is 236 g/mol. The molecule has 0 saturated carbocycles. The van der Waals surface area contributed by atoms with Crippen LogP contribution in [0.3, 0.4) is 0 Å². The molecule has 0 fully saturated rings. The number of methoxy groups -OCH3 is 1. The Morgan fingerprint density at radius 3 is 2.35 bits per heavy atom. The van der Waals surface area contributed by atoms with Crippen LogP contribution in [0.4, 0.5) is 5.69 Å². The highest BCUT2D eigenvalue weighted by Crippen LogP contribution is 2.17. The normalized spacial score (nSPS) is 10.9. The molecule has 0 radical (unpaired) electrons. The maximum absolute atomic E-state index is 5.55. The van der Waals surface area contributed by atoms with Gasteiger partial charge in [0.05, 0.1) is 6.61 Å². The summed E-state index contributed by atoms with van der Waals surface area (Å²) in [5.74, 6) is 0. The Morgan fingerprint density at radius 2 is 1.88 bits per heavy atom. The maximum Gasteiger partial charge on any atom is 0.0637 e. The fourth-order valence-corrected chi connectivity index (χ4v) is 1.90. The molecular weight excluding hydrogens is 212 g/mol. The van der Waals surface area contributed by atoms with Gasteiger partial charge in [-0.15, -0.1) is 0 Å². The number of benzene rings is 1. The number of hydrogen-bond acceptors (Lipinski definition) is 3. The van der Waals surface area contributed by atoms with Crippen LogP contribution >= 0.6 is 0 Å². The lowest BCUT2D eigenvalue weighted by Crippen LogP contribution is -2.33. The van der Waals surface area contributed by atoms with E-state index in [2.05, 4.69) is 43.0 Å². The molecule has 0 aromatic heterocycles. The first-order valence-electron chi connectivity index (χ1n) is 6.23. The fraction of sp³-hybridized carbons (Fsp3) is 0.571. The molecule has 3 heteroatoms. The predicted octanol–water partition coefficient (Wildman–Crippen LogP) is 2.05. The third-order valence-electron chi connectivity index (χ3n) is 2.86. The van der Waals surface area contributed by atoms with Crippen LogP contribution in [-0.2, 0) is 11.2 Å². The lowest BCUT2D eigenvalue weighted by atomic mass is 10.1. The first-order valence-corrected chi connectivity index (χ1v) is 6.23.